The summed E-state index contributed by atoms with van der Waals surface area (Å²) in [5, 5.41) is 9.57. The lowest BCUT2D eigenvalue weighted by Gasteiger charge is -2.26. The molecule has 0 aromatic heterocycles. The van der Waals surface area contributed by atoms with Gasteiger partial charge in [-0.05, 0) is 65.5 Å². The van der Waals surface area contributed by atoms with Crippen molar-refractivity contribution in [2.45, 2.75) is 18.8 Å². The fourth-order valence-corrected chi connectivity index (χ4v) is 3.70. The van der Waals surface area contributed by atoms with Crippen molar-refractivity contribution in [2.24, 2.45) is 5.73 Å². The zero-order valence-corrected chi connectivity index (χ0v) is 14.4. The van der Waals surface area contributed by atoms with Crippen LogP contribution >= 0.6 is 0 Å². The van der Waals surface area contributed by atoms with Crippen LogP contribution in [0.5, 0.6) is 0 Å². The number of allylic oxidation sites excluding steroid dienone is 3. The van der Waals surface area contributed by atoms with Crippen LogP contribution in [0.3, 0.4) is 0 Å². The Morgan fingerprint density at radius 2 is 1.81 bits per heavy atom. The minimum absolute atomic E-state index is 0.0255. The van der Waals surface area contributed by atoms with Gasteiger partial charge in [-0.15, -0.1) is 0 Å². The van der Waals surface area contributed by atoms with Gasteiger partial charge in [-0.2, -0.15) is 5.26 Å². The number of nitriles is 1. The van der Waals surface area contributed by atoms with Gasteiger partial charge in [0.1, 0.15) is 29.0 Å². The maximum atomic E-state index is 13.8. The Morgan fingerprint density at radius 1 is 1.07 bits per heavy atom. The van der Waals surface area contributed by atoms with Gasteiger partial charge in [-0.1, -0.05) is 24.3 Å². The Labute approximate surface area is 155 Å². The molecule has 4 rings (SSSR count). The molecule has 1 aliphatic carbocycles. The molecule has 1 heterocycles. The highest BCUT2D eigenvalue weighted by molar-refractivity contribution is 5.63. The van der Waals surface area contributed by atoms with E-state index in [-0.39, 0.29) is 23.1 Å². The first-order chi connectivity index (χ1) is 13.1. The molecule has 0 spiro atoms. The lowest BCUT2D eigenvalue weighted by Crippen LogP contribution is -2.19. The molecule has 3 nitrogen and oxygen atoms in total. The second-order valence-corrected chi connectivity index (χ2v) is 6.56. The molecule has 0 saturated carbocycles. The fourth-order valence-electron chi connectivity index (χ4n) is 3.70. The average molecular weight is 362 g/mol. The van der Waals surface area contributed by atoms with Crippen molar-refractivity contribution in [3.05, 3.63) is 99.7 Å². The second kappa shape index (κ2) is 6.73. The standard InChI is InChI=1S/C22H16F2N2O/c23-16-5-1-3-13(10-16)9-15-7-8-18-20(14-4-2-6-17(24)11-14)19(12-25)22(26)27-21(15)18/h1-6,9-11,20H,7-8,26H2/b15-9+. The molecule has 1 atom stereocenters. The van der Waals surface area contributed by atoms with Crippen LogP contribution in [0.25, 0.3) is 6.08 Å². The number of nitrogens with two attached hydrogens (primary N) is 1. The summed E-state index contributed by atoms with van der Waals surface area (Å²) in [5.41, 5.74) is 9.46. The quantitative estimate of drug-likeness (QED) is 0.826. The summed E-state index contributed by atoms with van der Waals surface area (Å²) in [6.45, 7) is 0. The van der Waals surface area contributed by atoms with Crippen molar-refractivity contribution in [2.75, 3.05) is 0 Å². The third kappa shape index (κ3) is 3.11. The maximum Gasteiger partial charge on any atom is 0.205 e. The number of halogens is 2. The van der Waals surface area contributed by atoms with Crippen molar-refractivity contribution < 1.29 is 13.5 Å². The van der Waals surface area contributed by atoms with E-state index in [1.165, 1.54) is 24.3 Å². The molecule has 2 N–H and O–H groups in total. The maximum absolute atomic E-state index is 13.8. The lowest BCUT2D eigenvalue weighted by molar-refractivity contribution is 0.292. The normalized spacial score (nSPS) is 20.5. The molecule has 2 aromatic rings. The lowest BCUT2D eigenvalue weighted by atomic mass is 9.83. The van der Waals surface area contributed by atoms with Crippen LogP contribution in [0.15, 0.2) is 76.9 Å². The summed E-state index contributed by atoms with van der Waals surface area (Å²) in [6, 6.07) is 14.6. The van der Waals surface area contributed by atoms with Gasteiger partial charge in [0.2, 0.25) is 5.88 Å². The summed E-state index contributed by atoms with van der Waals surface area (Å²) in [4.78, 5) is 0. The number of ether oxygens (including phenoxy) is 1. The van der Waals surface area contributed by atoms with Crippen LogP contribution in [0.4, 0.5) is 8.78 Å². The molecule has 0 amide bonds. The Hall–Kier alpha value is -3.39. The predicted molar refractivity (Wildman–Crippen MR) is 97.7 cm³/mol. The summed E-state index contributed by atoms with van der Waals surface area (Å²) < 4.78 is 33.0. The van der Waals surface area contributed by atoms with Crippen LogP contribution < -0.4 is 5.73 Å². The number of rotatable bonds is 2. The molecule has 2 aliphatic rings. The van der Waals surface area contributed by atoms with E-state index in [0.717, 1.165) is 16.7 Å². The number of hydrogen-bond donors (Lipinski definition) is 1. The summed E-state index contributed by atoms with van der Waals surface area (Å²) in [6.07, 6.45) is 3.20. The first kappa shape index (κ1) is 17.0. The molecular weight excluding hydrogens is 346 g/mol. The zero-order chi connectivity index (χ0) is 19.0. The van der Waals surface area contributed by atoms with Crippen molar-refractivity contribution in [1.82, 2.24) is 0 Å². The molecule has 0 bridgehead atoms. The van der Waals surface area contributed by atoms with Crippen molar-refractivity contribution >= 4 is 6.08 Å². The van der Waals surface area contributed by atoms with Gasteiger partial charge < -0.3 is 10.5 Å². The molecule has 0 saturated heterocycles. The first-order valence-corrected chi connectivity index (χ1v) is 8.59. The van der Waals surface area contributed by atoms with E-state index in [1.54, 1.807) is 24.3 Å². The zero-order valence-electron chi connectivity index (χ0n) is 14.4. The van der Waals surface area contributed by atoms with Gasteiger partial charge in [0, 0.05) is 5.92 Å². The summed E-state index contributed by atoms with van der Waals surface area (Å²) in [5.74, 6) is -0.495. The number of benzene rings is 2. The predicted octanol–water partition coefficient (Wildman–Crippen LogP) is 4.90. The van der Waals surface area contributed by atoms with E-state index in [9.17, 15) is 14.0 Å². The third-order valence-corrected chi connectivity index (χ3v) is 4.85. The van der Waals surface area contributed by atoms with E-state index in [1.807, 2.05) is 6.08 Å². The topological polar surface area (TPSA) is 59.0 Å². The molecule has 0 fully saturated rings. The number of hydrogen-bond acceptors (Lipinski definition) is 3. The van der Waals surface area contributed by atoms with Gasteiger partial charge in [0.15, 0.2) is 0 Å². The summed E-state index contributed by atoms with van der Waals surface area (Å²) in [7, 11) is 0. The Bertz CT molecular complexity index is 1060. The van der Waals surface area contributed by atoms with E-state index in [0.29, 0.717) is 24.2 Å². The molecule has 0 radical (unpaired) electrons. The van der Waals surface area contributed by atoms with Crippen LogP contribution in [0, 0.1) is 23.0 Å². The molecule has 5 heteroatoms. The highest BCUT2D eigenvalue weighted by Gasteiger charge is 2.37. The molecule has 1 aliphatic heterocycles. The second-order valence-electron chi connectivity index (χ2n) is 6.56. The molecule has 134 valence electrons. The van der Waals surface area contributed by atoms with Gasteiger partial charge in [0.25, 0.3) is 0 Å². The molecule has 2 aromatic carbocycles. The van der Waals surface area contributed by atoms with Gasteiger partial charge >= 0.3 is 0 Å². The number of nitrogens with zero attached hydrogens (tertiary/aromatic N) is 1. The van der Waals surface area contributed by atoms with E-state index in [2.05, 4.69) is 6.07 Å². The summed E-state index contributed by atoms with van der Waals surface area (Å²) >= 11 is 0. The minimum Gasteiger partial charge on any atom is -0.440 e. The molecular formula is C22H16F2N2O. The average Bonchev–Trinajstić information content (AvgIpc) is 3.02. The van der Waals surface area contributed by atoms with Crippen LogP contribution in [-0.4, -0.2) is 0 Å². The highest BCUT2D eigenvalue weighted by atomic mass is 19.1. The van der Waals surface area contributed by atoms with Crippen molar-refractivity contribution in [3.63, 3.8) is 0 Å². The van der Waals surface area contributed by atoms with Crippen LogP contribution in [-0.2, 0) is 4.74 Å². The third-order valence-electron chi connectivity index (χ3n) is 4.85. The SMILES string of the molecule is N#CC1=C(N)OC2=C(CC/C2=C\c2cccc(F)c2)C1c1cccc(F)c1. The van der Waals surface area contributed by atoms with Gasteiger partial charge in [0.05, 0.1) is 0 Å². The van der Waals surface area contributed by atoms with Crippen molar-refractivity contribution in [3.8, 4) is 6.07 Å². The Morgan fingerprint density at radius 3 is 2.52 bits per heavy atom. The Kier molecular flexibility index (Phi) is 4.25. The van der Waals surface area contributed by atoms with Gasteiger partial charge in [-0.3, -0.25) is 0 Å². The smallest absolute Gasteiger partial charge is 0.205 e. The van der Waals surface area contributed by atoms with Crippen molar-refractivity contribution in [1.29, 1.82) is 5.26 Å². The fraction of sp³-hybridized carbons (Fsp3) is 0.136. The van der Waals surface area contributed by atoms with Gasteiger partial charge in [-0.25, -0.2) is 8.78 Å². The molecule has 27 heavy (non-hydrogen) atoms. The van der Waals surface area contributed by atoms with E-state index < -0.39 is 5.92 Å². The van der Waals surface area contributed by atoms with E-state index >= 15 is 0 Å². The Balaban J connectivity index is 1.81. The van der Waals surface area contributed by atoms with E-state index in [4.69, 9.17) is 10.5 Å². The largest absolute Gasteiger partial charge is 0.440 e. The van der Waals surface area contributed by atoms with Crippen LogP contribution in [0.1, 0.15) is 29.9 Å². The first-order valence-electron chi connectivity index (χ1n) is 8.59. The minimum atomic E-state index is -0.437. The molecule has 1 unspecified atom stereocenters. The monoisotopic (exact) mass is 362 g/mol. The highest BCUT2D eigenvalue weighted by Crippen LogP contribution is 2.48. The van der Waals surface area contributed by atoms with Crippen LogP contribution in [0.2, 0.25) is 0 Å².